The molecule has 2 rings (SSSR count). The molecule has 2 aromatic rings. The van der Waals surface area contributed by atoms with Crippen LogP contribution in [-0.2, 0) is 9.09 Å². The maximum atomic E-state index is 13.0. The van der Waals surface area contributed by atoms with Gasteiger partial charge in [0.25, 0.3) is 0 Å². The molecule has 0 N–H and O–H groups in total. The predicted octanol–water partition coefficient (Wildman–Crippen LogP) is 2.91. The molecule has 0 aliphatic rings. The second-order valence-corrected chi connectivity index (χ2v) is 6.27. The number of nitrogens with zero attached hydrogens (tertiary/aromatic N) is 2. The highest BCUT2D eigenvalue weighted by molar-refractivity contribution is 7.83. The monoisotopic (exact) mass is 272 g/mol. The minimum Gasteiger partial charge on any atom is -0.360 e. The van der Waals surface area contributed by atoms with Gasteiger partial charge in [-0.1, -0.05) is 36.4 Å². The summed E-state index contributed by atoms with van der Waals surface area (Å²) >= 11 is 0. The van der Waals surface area contributed by atoms with Gasteiger partial charge in [0.05, 0.1) is 5.56 Å². The van der Waals surface area contributed by atoms with Crippen LogP contribution in [0.5, 0.6) is 0 Å². The fourth-order valence-corrected chi connectivity index (χ4v) is 3.61. The normalized spacial score (nSPS) is 13.3. The van der Waals surface area contributed by atoms with Crippen molar-refractivity contribution in [2.24, 2.45) is 0 Å². The zero-order chi connectivity index (χ0) is 13.7. The molecule has 0 amide bonds. The molecule has 1 atom stereocenters. The Kier molecular flexibility index (Phi) is 4.08. The first kappa shape index (κ1) is 13.4. The molecule has 0 bridgehead atoms. The van der Waals surface area contributed by atoms with Crippen LogP contribution in [0.4, 0.5) is 0 Å². The summed E-state index contributed by atoms with van der Waals surface area (Å²) in [5.41, 5.74) is 9.86. The molecule has 0 heterocycles. The molecule has 19 heavy (non-hydrogen) atoms. The smallest absolute Gasteiger partial charge is 0.360 e. The first-order valence-electron chi connectivity index (χ1n) is 5.72. The lowest BCUT2D eigenvalue weighted by Gasteiger charge is -2.12. The molecule has 4 nitrogen and oxygen atoms in total. The molecule has 96 valence electrons. The van der Waals surface area contributed by atoms with Crippen molar-refractivity contribution in [1.29, 1.82) is 0 Å². The average molecular weight is 272 g/mol. The average Bonchev–Trinajstić information content (AvgIpc) is 2.49. The van der Waals surface area contributed by atoms with E-state index in [4.69, 9.17) is 4.52 Å². The SMILES string of the molecule is COP(=O)(C(=[N+]=[N-])c1ccccc1)c1ccccc1. The Bertz CT molecular complexity index is 650. The summed E-state index contributed by atoms with van der Waals surface area (Å²) in [6.07, 6.45) is 0. The summed E-state index contributed by atoms with van der Waals surface area (Å²) in [5, 5.41) is 0.495. The second kappa shape index (κ2) is 5.77. The van der Waals surface area contributed by atoms with E-state index in [1.54, 1.807) is 48.5 Å². The lowest BCUT2D eigenvalue weighted by Crippen LogP contribution is -2.16. The Hall–Kier alpha value is -1.99. The van der Waals surface area contributed by atoms with Crippen molar-refractivity contribution in [3.05, 3.63) is 71.8 Å². The van der Waals surface area contributed by atoms with Gasteiger partial charge in [-0.15, -0.1) is 0 Å². The van der Waals surface area contributed by atoms with E-state index in [2.05, 4.69) is 4.79 Å². The standard InChI is InChI=1S/C14H13N2O2P/c1-18-19(17,13-10-6-3-7-11-13)14(16-15)12-8-4-2-5-9-12/h2-11H,1H3. The summed E-state index contributed by atoms with van der Waals surface area (Å²) < 4.78 is 18.2. The van der Waals surface area contributed by atoms with E-state index < -0.39 is 7.37 Å². The van der Waals surface area contributed by atoms with Gasteiger partial charge in [-0.2, -0.15) is 4.79 Å². The Labute approximate surface area is 111 Å². The van der Waals surface area contributed by atoms with E-state index in [0.717, 1.165) is 0 Å². The van der Waals surface area contributed by atoms with Crippen LogP contribution in [0.1, 0.15) is 5.56 Å². The van der Waals surface area contributed by atoms with Crippen LogP contribution >= 0.6 is 7.37 Å². The topological polar surface area (TPSA) is 62.7 Å². The Morgan fingerprint density at radius 1 is 1.05 bits per heavy atom. The largest absolute Gasteiger partial charge is 0.385 e. The van der Waals surface area contributed by atoms with Crippen LogP contribution in [0.15, 0.2) is 60.7 Å². The third kappa shape index (κ3) is 2.56. The molecule has 0 aliphatic heterocycles. The van der Waals surface area contributed by atoms with Crippen LogP contribution in [0, 0.1) is 0 Å². The molecule has 0 fully saturated rings. The van der Waals surface area contributed by atoms with Gasteiger partial charge >= 0.3 is 12.8 Å². The van der Waals surface area contributed by atoms with Crippen molar-refractivity contribution >= 4 is 18.1 Å². The minimum absolute atomic E-state index is 0.0433. The van der Waals surface area contributed by atoms with Gasteiger partial charge in [0.1, 0.15) is 0 Å². The van der Waals surface area contributed by atoms with Crippen LogP contribution < -0.4 is 5.30 Å². The van der Waals surface area contributed by atoms with Gasteiger partial charge in [-0.05, 0) is 24.3 Å². The fraction of sp³-hybridized carbons (Fsp3) is 0.0714. The van der Waals surface area contributed by atoms with Gasteiger partial charge in [0.2, 0.25) is 0 Å². The molecule has 1 unspecified atom stereocenters. The highest BCUT2D eigenvalue weighted by Gasteiger charge is 2.40. The third-order valence-corrected chi connectivity index (χ3v) is 5.16. The quantitative estimate of drug-likeness (QED) is 0.372. The second-order valence-electron chi connectivity index (χ2n) is 3.86. The number of rotatable bonds is 4. The molecule has 5 heteroatoms. The summed E-state index contributed by atoms with van der Waals surface area (Å²) in [6.45, 7) is 0. The van der Waals surface area contributed by atoms with Crippen LogP contribution in [0.2, 0.25) is 0 Å². The van der Waals surface area contributed by atoms with Crippen LogP contribution in [0.25, 0.3) is 5.53 Å². The number of hydrogen-bond acceptors (Lipinski definition) is 2. The summed E-state index contributed by atoms with van der Waals surface area (Å²) in [7, 11) is -2.04. The minimum atomic E-state index is -3.38. The maximum absolute atomic E-state index is 13.0. The molecule has 0 radical (unpaired) electrons. The van der Waals surface area contributed by atoms with Crippen molar-refractivity contribution in [2.75, 3.05) is 7.11 Å². The molecule has 0 saturated heterocycles. The van der Waals surface area contributed by atoms with E-state index in [-0.39, 0.29) is 5.45 Å². The number of hydrogen-bond donors (Lipinski definition) is 0. The van der Waals surface area contributed by atoms with Crippen molar-refractivity contribution in [3.63, 3.8) is 0 Å². The summed E-state index contributed by atoms with van der Waals surface area (Å²) in [5.74, 6) is 0. The van der Waals surface area contributed by atoms with Crippen molar-refractivity contribution in [2.45, 2.75) is 0 Å². The van der Waals surface area contributed by atoms with E-state index in [9.17, 15) is 10.1 Å². The summed E-state index contributed by atoms with van der Waals surface area (Å²) in [4.78, 5) is 3.21. The molecule has 2 aromatic carbocycles. The molecule has 0 spiro atoms. The van der Waals surface area contributed by atoms with E-state index in [0.29, 0.717) is 10.9 Å². The molecule has 0 saturated carbocycles. The van der Waals surface area contributed by atoms with E-state index in [1.165, 1.54) is 7.11 Å². The predicted molar refractivity (Wildman–Crippen MR) is 74.9 cm³/mol. The van der Waals surface area contributed by atoms with Gasteiger partial charge in [0, 0.05) is 12.4 Å². The first-order chi connectivity index (χ1) is 9.22. The molecular weight excluding hydrogens is 259 g/mol. The molecule has 0 aromatic heterocycles. The van der Waals surface area contributed by atoms with E-state index in [1.807, 2.05) is 12.1 Å². The van der Waals surface area contributed by atoms with Gasteiger partial charge < -0.3 is 10.1 Å². The van der Waals surface area contributed by atoms with E-state index >= 15 is 0 Å². The number of benzene rings is 2. The highest BCUT2D eigenvalue weighted by Crippen LogP contribution is 2.47. The molecule has 0 aliphatic carbocycles. The highest BCUT2D eigenvalue weighted by atomic mass is 31.2. The first-order valence-corrected chi connectivity index (χ1v) is 7.34. The lowest BCUT2D eigenvalue weighted by molar-refractivity contribution is -0.000400. The maximum Gasteiger partial charge on any atom is 0.385 e. The van der Waals surface area contributed by atoms with Gasteiger partial charge in [-0.25, -0.2) is 0 Å². The van der Waals surface area contributed by atoms with Crippen molar-refractivity contribution < 1.29 is 13.9 Å². The van der Waals surface area contributed by atoms with Crippen molar-refractivity contribution in [3.8, 4) is 0 Å². The lowest BCUT2D eigenvalue weighted by atomic mass is 10.2. The fourth-order valence-electron chi connectivity index (χ4n) is 1.81. The summed E-state index contributed by atoms with van der Waals surface area (Å²) in [6, 6.07) is 17.6. The Morgan fingerprint density at radius 2 is 1.58 bits per heavy atom. The zero-order valence-corrected chi connectivity index (χ0v) is 11.3. The third-order valence-electron chi connectivity index (χ3n) is 2.76. The van der Waals surface area contributed by atoms with Gasteiger partial charge in [0.15, 0.2) is 0 Å². The Morgan fingerprint density at radius 3 is 2.05 bits per heavy atom. The zero-order valence-electron chi connectivity index (χ0n) is 10.4. The Balaban J connectivity index is 2.59. The van der Waals surface area contributed by atoms with Crippen molar-refractivity contribution in [1.82, 2.24) is 0 Å². The van der Waals surface area contributed by atoms with Crippen LogP contribution in [0.3, 0.4) is 0 Å². The van der Waals surface area contributed by atoms with Crippen LogP contribution in [-0.4, -0.2) is 17.4 Å². The van der Waals surface area contributed by atoms with Gasteiger partial charge in [-0.3, -0.25) is 4.57 Å². The molecular formula is C14H13N2O2P.